The highest BCUT2D eigenvalue weighted by molar-refractivity contribution is 6.07. The fourth-order valence-corrected chi connectivity index (χ4v) is 3.90. The zero-order valence-electron chi connectivity index (χ0n) is 19.6. The molecular weight excluding hydrogens is 396 g/mol. The number of methoxy groups -OCH3 is 1. The second-order valence-electron chi connectivity index (χ2n) is 7.79. The molecule has 168 valence electrons. The first-order valence-corrected chi connectivity index (χ1v) is 10.4. The van der Waals surface area contributed by atoms with Crippen LogP contribution in [0, 0.1) is 13.8 Å². The van der Waals surface area contributed by atoms with E-state index in [1.807, 2.05) is 13.8 Å². The number of esters is 1. The number of hydrogen-bond acceptors (Lipinski definition) is 5. The minimum absolute atomic E-state index is 0.206. The first-order valence-electron chi connectivity index (χ1n) is 10.4. The van der Waals surface area contributed by atoms with Gasteiger partial charge in [-0.1, -0.05) is 0 Å². The molecule has 1 heterocycles. The van der Waals surface area contributed by atoms with Gasteiger partial charge in [0.25, 0.3) is 5.91 Å². The Morgan fingerprint density at radius 3 is 2.13 bits per heavy atom. The number of aromatic nitrogens is 1. The van der Waals surface area contributed by atoms with Crippen LogP contribution in [-0.2, 0) is 11.8 Å². The summed E-state index contributed by atoms with van der Waals surface area (Å²) in [4.78, 5) is 40.8. The molecule has 0 aliphatic carbocycles. The molecule has 0 saturated heterocycles. The molecule has 1 aromatic carbocycles. The molecule has 0 spiro atoms. The van der Waals surface area contributed by atoms with Crippen LogP contribution in [0.15, 0.2) is 24.3 Å². The zero-order chi connectivity index (χ0) is 23.5. The van der Waals surface area contributed by atoms with Crippen molar-refractivity contribution in [2.24, 2.45) is 7.05 Å². The molecule has 0 radical (unpaired) electrons. The molecule has 7 nitrogen and oxygen atoms in total. The number of benzene rings is 1. The number of amides is 1. The highest BCUT2D eigenvalue weighted by Gasteiger charge is 2.34. The summed E-state index contributed by atoms with van der Waals surface area (Å²) in [6.45, 7) is 11.0. The quantitative estimate of drug-likeness (QED) is 0.470. The van der Waals surface area contributed by atoms with Crippen molar-refractivity contribution in [3.63, 3.8) is 0 Å². The van der Waals surface area contributed by atoms with Crippen molar-refractivity contribution in [1.82, 2.24) is 9.47 Å². The molecule has 7 heteroatoms. The van der Waals surface area contributed by atoms with Crippen molar-refractivity contribution in [3.05, 3.63) is 52.3 Å². The number of carbonyl (C=O) groups is 3. The summed E-state index contributed by atoms with van der Waals surface area (Å²) in [6.07, 6.45) is 0. The van der Waals surface area contributed by atoms with E-state index in [0.717, 1.165) is 0 Å². The third-order valence-corrected chi connectivity index (χ3v) is 5.57. The second kappa shape index (κ2) is 9.81. The fourth-order valence-electron chi connectivity index (χ4n) is 3.90. The molecule has 0 bridgehead atoms. The number of ketones is 1. The van der Waals surface area contributed by atoms with Gasteiger partial charge in [-0.25, -0.2) is 4.79 Å². The molecule has 31 heavy (non-hydrogen) atoms. The highest BCUT2D eigenvalue weighted by atomic mass is 16.5. The van der Waals surface area contributed by atoms with Crippen LogP contribution in [0.1, 0.15) is 70.2 Å². The van der Waals surface area contributed by atoms with E-state index < -0.39 is 12.0 Å². The Kier molecular flexibility index (Phi) is 7.65. The summed E-state index contributed by atoms with van der Waals surface area (Å²) >= 11 is 0. The van der Waals surface area contributed by atoms with Crippen LogP contribution in [0.4, 0.5) is 0 Å². The lowest BCUT2D eigenvalue weighted by molar-refractivity contribution is 0.0513. The number of hydrogen-bond donors (Lipinski definition) is 0. The third-order valence-electron chi connectivity index (χ3n) is 5.57. The molecule has 1 atom stereocenters. The van der Waals surface area contributed by atoms with Gasteiger partial charge in [-0.05, 0) is 71.4 Å². The molecule has 0 aliphatic heterocycles. The van der Waals surface area contributed by atoms with Gasteiger partial charge in [-0.3, -0.25) is 9.59 Å². The molecule has 0 saturated carbocycles. The molecule has 0 N–H and O–H groups in total. The van der Waals surface area contributed by atoms with Crippen LogP contribution in [0.25, 0.3) is 0 Å². The first kappa shape index (κ1) is 24.2. The molecule has 0 aliphatic rings. The SMILES string of the molecule is CCOC(=O)c1c(C)c(C(=O)C(C)N(C(=O)c2ccc(OC)cc2)C(C)C)c(C)n1C. The Labute approximate surface area is 183 Å². The summed E-state index contributed by atoms with van der Waals surface area (Å²) in [6, 6.07) is 5.88. The zero-order valence-corrected chi connectivity index (χ0v) is 19.6. The minimum Gasteiger partial charge on any atom is -0.497 e. The Morgan fingerprint density at radius 2 is 1.65 bits per heavy atom. The van der Waals surface area contributed by atoms with E-state index in [4.69, 9.17) is 9.47 Å². The van der Waals surface area contributed by atoms with E-state index in [1.54, 1.807) is 75.6 Å². The summed E-state index contributed by atoms with van der Waals surface area (Å²) in [5, 5.41) is 0. The van der Waals surface area contributed by atoms with E-state index in [2.05, 4.69) is 0 Å². The van der Waals surface area contributed by atoms with E-state index in [9.17, 15) is 14.4 Å². The van der Waals surface area contributed by atoms with Gasteiger partial charge in [0.15, 0.2) is 5.78 Å². The van der Waals surface area contributed by atoms with E-state index in [0.29, 0.717) is 33.8 Å². The highest BCUT2D eigenvalue weighted by Crippen LogP contribution is 2.26. The normalized spacial score (nSPS) is 11.9. The van der Waals surface area contributed by atoms with Gasteiger partial charge in [-0.15, -0.1) is 0 Å². The van der Waals surface area contributed by atoms with Gasteiger partial charge in [0, 0.05) is 29.9 Å². The summed E-state index contributed by atoms with van der Waals surface area (Å²) in [5.74, 6) is -0.266. The maximum Gasteiger partial charge on any atom is 0.355 e. The second-order valence-corrected chi connectivity index (χ2v) is 7.79. The molecule has 1 aromatic heterocycles. The van der Waals surface area contributed by atoms with E-state index >= 15 is 0 Å². The molecule has 2 aromatic rings. The first-order chi connectivity index (χ1) is 14.6. The summed E-state index contributed by atoms with van der Waals surface area (Å²) in [5.41, 5.74) is 2.51. The molecular formula is C24H32N2O5. The molecule has 1 unspecified atom stereocenters. The lowest BCUT2D eigenvalue weighted by Gasteiger charge is -2.32. The van der Waals surface area contributed by atoms with Crippen molar-refractivity contribution < 1.29 is 23.9 Å². The Hall–Kier alpha value is -3.09. The molecule has 0 fully saturated rings. The molecule has 1 amide bonds. The molecule has 2 rings (SSSR count). The third kappa shape index (κ3) is 4.65. The van der Waals surface area contributed by atoms with Gasteiger partial charge in [0.2, 0.25) is 0 Å². The summed E-state index contributed by atoms with van der Waals surface area (Å²) in [7, 11) is 3.30. The number of carbonyl (C=O) groups excluding carboxylic acids is 3. The van der Waals surface area contributed by atoms with E-state index in [-0.39, 0.29) is 24.3 Å². The lowest BCUT2D eigenvalue weighted by atomic mass is 9.98. The predicted octanol–water partition coefficient (Wildman–Crippen LogP) is 3.95. The van der Waals surface area contributed by atoms with Gasteiger partial charge in [-0.2, -0.15) is 0 Å². The number of rotatable bonds is 8. The van der Waals surface area contributed by atoms with Gasteiger partial charge in [0.05, 0.1) is 19.8 Å². The smallest absolute Gasteiger partial charge is 0.355 e. The van der Waals surface area contributed by atoms with Crippen LogP contribution >= 0.6 is 0 Å². The Bertz CT molecular complexity index is 973. The van der Waals surface area contributed by atoms with Crippen LogP contribution in [-0.4, -0.2) is 52.9 Å². The van der Waals surface area contributed by atoms with Crippen molar-refractivity contribution in [2.75, 3.05) is 13.7 Å². The van der Waals surface area contributed by atoms with Crippen molar-refractivity contribution in [1.29, 1.82) is 0 Å². The minimum atomic E-state index is -0.718. The van der Waals surface area contributed by atoms with Crippen molar-refractivity contribution in [2.45, 2.75) is 53.6 Å². The Balaban J connectivity index is 2.44. The number of nitrogens with zero attached hydrogens (tertiary/aromatic N) is 2. The maximum absolute atomic E-state index is 13.5. The average Bonchev–Trinajstić information content (AvgIpc) is 2.95. The monoisotopic (exact) mass is 428 g/mol. The number of Topliss-reactive ketones (excluding diaryl/α,β-unsaturated/α-hetero) is 1. The standard InChI is InChI=1S/C24H32N2O5/c1-9-31-24(29)21-15(4)20(16(5)25(21)7)22(27)17(6)26(14(2)3)23(28)18-10-12-19(30-8)13-11-18/h10-14,17H,9H2,1-8H3. The van der Waals surface area contributed by atoms with Gasteiger partial charge in [0.1, 0.15) is 11.4 Å². The Morgan fingerprint density at radius 1 is 1.06 bits per heavy atom. The predicted molar refractivity (Wildman–Crippen MR) is 119 cm³/mol. The largest absolute Gasteiger partial charge is 0.497 e. The van der Waals surface area contributed by atoms with Gasteiger partial charge < -0.3 is 18.9 Å². The van der Waals surface area contributed by atoms with Gasteiger partial charge >= 0.3 is 5.97 Å². The maximum atomic E-state index is 13.5. The van der Waals surface area contributed by atoms with Crippen LogP contribution < -0.4 is 4.74 Å². The van der Waals surface area contributed by atoms with Crippen molar-refractivity contribution >= 4 is 17.7 Å². The lowest BCUT2D eigenvalue weighted by Crippen LogP contribution is -2.47. The van der Waals surface area contributed by atoms with E-state index in [1.165, 1.54) is 0 Å². The van der Waals surface area contributed by atoms with Crippen LogP contribution in [0.2, 0.25) is 0 Å². The van der Waals surface area contributed by atoms with Crippen LogP contribution in [0.5, 0.6) is 5.75 Å². The van der Waals surface area contributed by atoms with Crippen LogP contribution in [0.3, 0.4) is 0 Å². The fraction of sp³-hybridized carbons (Fsp3) is 0.458. The van der Waals surface area contributed by atoms with Crippen molar-refractivity contribution in [3.8, 4) is 5.75 Å². The number of ether oxygens (including phenoxy) is 2. The average molecular weight is 429 g/mol. The topological polar surface area (TPSA) is 77.8 Å². The summed E-state index contributed by atoms with van der Waals surface area (Å²) < 4.78 is 12.0.